The molecule has 0 atom stereocenters. The topological polar surface area (TPSA) is 29.1 Å². The van der Waals surface area contributed by atoms with Crippen molar-refractivity contribution in [3.8, 4) is 0 Å². The summed E-state index contributed by atoms with van der Waals surface area (Å²) in [6.45, 7) is 13.0. The van der Waals surface area contributed by atoms with Crippen molar-refractivity contribution in [3.05, 3.63) is 0 Å². The molecule has 0 aliphatic rings. The Morgan fingerprint density at radius 3 is 2.24 bits per heavy atom. The third-order valence-corrected chi connectivity index (χ3v) is 4.10. The Bertz CT molecular complexity index is 251. The van der Waals surface area contributed by atoms with Crippen molar-refractivity contribution in [1.82, 2.24) is 5.32 Å². The molecule has 0 aromatic heterocycles. The third kappa shape index (κ3) is 11.4. The molecule has 0 unspecified atom stereocenters. The van der Waals surface area contributed by atoms with Crippen molar-refractivity contribution in [2.45, 2.75) is 59.8 Å². The summed E-state index contributed by atoms with van der Waals surface area (Å²) >= 11 is 4.19. The van der Waals surface area contributed by atoms with Gasteiger partial charge >= 0.3 is 0 Å². The first kappa shape index (κ1) is 17.6. The van der Waals surface area contributed by atoms with Gasteiger partial charge in [-0.15, -0.1) is 22.4 Å². The maximum atomic E-state index is 11.8. The van der Waals surface area contributed by atoms with Gasteiger partial charge in [-0.3, -0.25) is 4.79 Å². The van der Waals surface area contributed by atoms with Gasteiger partial charge in [0, 0.05) is 12.0 Å². The van der Waals surface area contributed by atoms with Gasteiger partial charge in [0.05, 0.1) is 0 Å². The summed E-state index contributed by atoms with van der Waals surface area (Å²) in [5, 5.41) is 3.13. The Balaban J connectivity index is 4.01. The van der Waals surface area contributed by atoms with Crippen LogP contribution in [0, 0.1) is 5.41 Å². The van der Waals surface area contributed by atoms with E-state index < -0.39 is 0 Å². The maximum absolute atomic E-state index is 11.8. The molecule has 0 fully saturated rings. The summed E-state index contributed by atoms with van der Waals surface area (Å²) in [6, 6.07) is 0. The predicted octanol–water partition coefficient (Wildman–Crippen LogP) is 3.99. The van der Waals surface area contributed by atoms with Crippen LogP contribution in [0.5, 0.6) is 0 Å². The van der Waals surface area contributed by atoms with E-state index in [2.05, 4.69) is 69.1 Å². The normalized spacial score (nSPS) is 12.4. The number of carbonyl (C=O) groups excluding carboxylic acids is 1. The molecule has 100 valence electrons. The molecular formula is C12H25BINOS. The smallest absolute Gasteiger partial charge is 0.278 e. The van der Waals surface area contributed by atoms with Crippen LogP contribution >= 0.6 is 34.0 Å². The first-order valence-corrected chi connectivity index (χ1v) is 8.38. The summed E-state index contributed by atoms with van der Waals surface area (Å²) in [4.78, 5) is 11.8. The third-order valence-electron chi connectivity index (χ3n) is 2.13. The first-order valence-electron chi connectivity index (χ1n) is 6.08. The van der Waals surface area contributed by atoms with Gasteiger partial charge in [0.15, 0.2) is 0 Å². The molecule has 17 heavy (non-hydrogen) atoms. The van der Waals surface area contributed by atoms with E-state index in [4.69, 9.17) is 0 Å². The Hall–Kier alpha value is 0.615. The fraction of sp³-hybridized carbons (Fsp3) is 0.917. The summed E-state index contributed by atoms with van der Waals surface area (Å²) in [6.07, 6.45) is 1.60. The van der Waals surface area contributed by atoms with E-state index in [0.717, 1.165) is 12.2 Å². The molecule has 0 heterocycles. The molecule has 2 nitrogen and oxygen atoms in total. The highest BCUT2D eigenvalue weighted by atomic mass is 127. The molecule has 0 aliphatic heterocycles. The monoisotopic (exact) mass is 369 g/mol. The van der Waals surface area contributed by atoms with Crippen molar-refractivity contribution < 1.29 is 4.79 Å². The minimum absolute atomic E-state index is 0.115. The number of halogens is 1. The summed E-state index contributed by atoms with van der Waals surface area (Å²) in [5.41, 5.74) is 0.123. The molecule has 0 aliphatic carbocycles. The van der Waals surface area contributed by atoms with E-state index in [-0.39, 0.29) is 16.9 Å². The van der Waals surface area contributed by atoms with Crippen LogP contribution in [0.15, 0.2) is 0 Å². The summed E-state index contributed by atoms with van der Waals surface area (Å²) in [7, 11) is 0. The number of nitrogens with one attached hydrogen (secondary N) is 1. The number of amides is 1. The highest BCUT2D eigenvalue weighted by Crippen LogP contribution is 2.26. The Morgan fingerprint density at radius 1 is 1.29 bits per heavy atom. The van der Waals surface area contributed by atoms with Crippen LogP contribution in [0.4, 0.5) is 0 Å². The number of hydrogen-bond donors (Lipinski definition) is 1. The van der Waals surface area contributed by atoms with Crippen LogP contribution in [0.2, 0.25) is 6.82 Å². The van der Waals surface area contributed by atoms with Gasteiger partial charge < -0.3 is 5.32 Å². The van der Waals surface area contributed by atoms with E-state index in [0.29, 0.717) is 10.3 Å². The summed E-state index contributed by atoms with van der Waals surface area (Å²) in [5.74, 6) is 1.07. The lowest BCUT2D eigenvalue weighted by Gasteiger charge is -2.33. The van der Waals surface area contributed by atoms with Crippen molar-refractivity contribution in [1.29, 1.82) is 0 Å². The molecule has 0 bridgehead atoms. The van der Waals surface area contributed by atoms with Crippen LogP contribution in [-0.4, -0.2) is 21.0 Å². The van der Waals surface area contributed by atoms with Crippen molar-refractivity contribution in [2.75, 3.05) is 5.75 Å². The molecule has 5 heteroatoms. The molecule has 0 saturated heterocycles. The van der Waals surface area contributed by atoms with E-state index >= 15 is 0 Å². The van der Waals surface area contributed by atoms with Crippen LogP contribution in [0.1, 0.15) is 47.5 Å². The Morgan fingerprint density at radius 2 is 1.82 bits per heavy atom. The van der Waals surface area contributed by atoms with Gasteiger partial charge in [0.1, 0.15) is 0 Å². The van der Waals surface area contributed by atoms with Gasteiger partial charge in [-0.1, -0.05) is 27.6 Å². The predicted molar refractivity (Wildman–Crippen MR) is 89.0 cm³/mol. The van der Waals surface area contributed by atoms with Crippen molar-refractivity contribution in [2.24, 2.45) is 5.41 Å². The van der Waals surface area contributed by atoms with Crippen molar-refractivity contribution in [3.63, 3.8) is 0 Å². The van der Waals surface area contributed by atoms with Gasteiger partial charge in [0.2, 0.25) is 5.91 Å². The SMILES string of the molecule is CB(I)SCCC(=O)NC(C)(C)CC(C)(C)C. The average Bonchev–Trinajstić information content (AvgIpc) is 1.95. The van der Waals surface area contributed by atoms with Crippen LogP contribution in [-0.2, 0) is 4.79 Å². The number of rotatable bonds is 6. The standard InChI is InChI=1S/C12H25BINOS/c1-11(2,3)9-12(4,5)15-10(16)7-8-17-13(6)14/h7-9H2,1-6H3,(H,15,16). The summed E-state index contributed by atoms with van der Waals surface area (Å²) < 4.78 is 0.572. The van der Waals surface area contributed by atoms with Gasteiger partial charge in [0.25, 0.3) is 3.85 Å². The average molecular weight is 369 g/mol. The van der Waals surface area contributed by atoms with E-state index in [9.17, 15) is 4.79 Å². The van der Waals surface area contributed by atoms with Crippen LogP contribution in [0.3, 0.4) is 0 Å². The lowest BCUT2D eigenvalue weighted by molar-refractivity contribution is -0.122. The lowest BCUT2D eigenvalue weighted by atomic mass is 9.82. The minimum atomic E-state index is -0.115. The van der Waals surface area contributed by atoms with E-state index in [1.165, 1.54) is 0 Å². The fourth-order valence-corrected chi connectivity index (χ4v) is 3.51. The fourth-order valence-electron chi connectivity index (χ4n) is 2.12. The largest absolute Gasteiger partial charge is 0.351 e. The highest BCUT2D eigenvalue weighted by Gasteiger charge is 2.26. The molecule has 0 aromatic carbocycles. The quantitative estimate of drug-likeness (QED) is 0.567. The second kappa shape index (κ2) is 7.26. The van der Waals surface area contributed by atoms with Crippen molar-refractivity contribution >= 4 is 43.7 Å². The Kier molecular flexibility index (Phi) is 7.53. The zero-order valence-electron chi connectivity index (χ0n) is 11.9. The Labute approximate surface area is 124 Å². The minimum Gasteiger partial charge on any atom is -0.351 e. The first-order chi connectivity index (χ1) is 7.52. The van der Waals surface area contributed by atoms with Gasteiger partial charge in [-0.2, -0.15) is 11.6 Å². The lowest BCUT2D eigenvalue weighted by Crippen LogP contribution is -2.45. The number of carbonyl (C=O) groups is 1. The molecule has 0 spiro atoms. The maximum Gasteiger partial charge on any atom is 0.278 e. The second-order valence-electron chi connectivity index (χ2n) is 6.33. The van der Waals surface area contributed by atoms with Crippen LogP contribution in [0.25, 0.3) is 0 Å². The number of hydrogen-bond acceptors (Lipinski definition) is 2. The molecule has 0 rings (SSSR count). The van der Waals surface area contributed by atoms with E-state index in [1.54, 1.807) is 0 Å². The molecule has 0 saturated carbocycles. The zero-order valence-corrected chi connectivity index (χ0v) is 14.9. The zero-order chi connectivity index (χ0) is 13.7. The van der Waals surface area contributed by atoms with Gasteiger partial charge in [-0.25, -0.2) is 0 Å². The van der Waals surface area contributed by atoms with E-state index in [1.807, 2.05) is 11.6 Å². The molecule has 0 aromatic rings. The highest BCUT2D eigenvalue weighted by molar-refractivity contribution is 14.1. The molecule has 1 N–H and O–H groups in total. The molecule has 0 radical (unpaired) electrons. The van der Waals surface area contributed by atoms with Crippen LogP contribution < -0.4 is 5.32 Å². The second-order valence-corrected chi connectivity index (χ2v) is 10.5. The molecule has 1 amide bonds. The van der Waals surface area contributed by atoms with Gasteiger partial charge in [-0.05, 0) is 31.4 Å². The molecular weight excluding hydrogens is 344 g/mol.